The molecule has 0 bridgehead atoms. The van der Waals surface area contributed by atoms with Gasteiger partial charge in [-0.3, -0.25) is 0 Å². The lowest BCUT2D eigenvalue weighted by Crippen LogP contribution is -2.46. The van der Waals surface area contributed by atoms with Gasteiger partial charge < -0.3 is 10.4 Å². The molecule has 1 heterocycles. The minimum absolute atomic E-state index is 0.183. The zero-order valence-electron chi connectivity index (χ0n) is 13.4. The molecule has 1 unspecified atom stereocenters. The van der Waals surface area contributed by atoms with Crippen LogP contribution in [0.25, 0.3) is 0 Å². The first kappa shape index (κ1) is 16.1. The number of hydrogen-bond donors (Lipinski definition) is 2. The number of aliphatic hydroxyl groups is 1. The van der Waals surface area contributed by atoms with Crippen LogP contribution in [0.3, 0.4) is 0 Å². The van der Waals surface area contributed by atoms with Gasteiger partial charge in [0, 0.05) is 6.04 Å². The van der Waals surface area contributed by atoms with Crippen LogP contribution < -0.4 is 5.32 Å². The summed E-state index contributed by atoms with van der Waals surface area (Å²) in [5, 5.41) is 14.9. The van der Waals surface area contributed by atoms with E-state index in [-0.39, 0.29) is 17.7 Å². The summed E-state index contributed by atoms with van der Waals surface area (Å²) in [5.41, 5.74) is 0.909. The largest absolute Gasteiger partial charge is 0.379 e. The van der Waals surface area contributed by atoms with E-state index < -0.39 is 5.60 Å². The normalized spacial score (nSPS) is 18.4. The smallest absolute Gasteiger partial charge is 0.130 e. The van der Waals surface area contributed by atoms with Crippen molar-refractivity contribution >= 4 is 0 Å². The van der Waals surface area contributed by atoms with Crippen LogP contribution in [0, 0.1) is 25.5 Å². The SMILES string of the molecule is Cc1cc(C(O)(c2ccc(F)c(C)c2)C2CCCN2)ccc1F. The quantitative estimate of drug-likeness (QED) is 0.907. The first-order valence-electron chi connectivity index (χ1n) is 7.92. The highest BCUT2D eigenvalue weighted by Gasteiger charge is 2.42. The van der Waals surface area contributed by atoms with Gasteiger partial charge in [-0.15, -0.1) is 0 Å². The third-order valence-electron chi connectivity index (χ3n) is 4.76. The van der Waals surface area contributed by atoms with Gasteiger partial charge in [0.2, 0.25) is 0 Å². The molecule has 2 aromatic rings. The number of halogens is 2. The Hall–Kier alpha value is -1.78. The number of rotatable bonds is 3. The van der Waals surface area contributed by atoms with Gasteiger partial charge in [-0.2, -0.15) is 0 Å². The van der Waals surface area contributed by atoms with Gasteiger partial charge in [0.1, 0.15) is 17.2 Å². The molecule has 1 atom stereocenters. The molecule has 4 heteroatoms. The van der Waals surface area contributed by atoms with Crippen LogP contribution in [0.2, 0.25) is 0 Å². The lowest BCUT2D eigenvalue weighted by atomic mass is 9.78. The zero-order chi connectivity index (χ0) is 16.6. The maximum absolute atomic E-state index is 13.6. The third-order valence-corrected chi connectivity index (χ3v) is 4.76. The highest BCUT2D eigenvalue weighted by atomic mass is 19.1. The van der Waals surface area contributed by atoms with E-state index in [4.69, 9.17) is 0 Å². The standard InChI is InChI=1S/C19H21F2NO/c1-12-10-14(5-7-16(12)20)19(23,18-4-3-9-22-18)15-6-8-17(21)13(2)11-15/h5-8,10-11,18,22-23H,3-4,9H2,1-2H3. The zero-order valence-corrected chi connectivity index (χ0v) is 13.4. The van der Waals surface area contributed by atoms with Crippen molar-refractivity contribution in [2.75, 3.05) is 6.54 Å². The molecule has 1 aliphatic heterocycles. The predicted molar refractivity (Wildman–Crippen MR) is 86.3 cm³/mol. The molecule has 0 saturated carbocycles. The third kappa shape index (κ3) is 2.77. The Kier molecular flexibility index (Phi) is 4.21. The van der Waals surface area contributed by atoms with Crippen molar-refractivity contribution in [3.8, 4) is 0 Å². The van der Waals surface area contributed by atoms with Crippen LogP contribution in [-0.2, 0) is 5.60 Å². The Morgan fingerprint density at radius 2 is 1.52 bits per heavy atom. The Balaban J connectivity index is 2.16. The van der Waals surface area contributed by atoms with Crippen molar-refractivity contribution in [1.29, 1.82) is 0 Å². The average molecular weight is 317 g/mol. The van der Waals surface area contributed by atoms with Crippen molar-refractivity contribution in [2.24, 2.45) is 0 Å². The molecule has 0 aliphatic carbocycles. The topological polar surface area (TPSA) is 32.3 Å². The Morgan fingerprint density at radius 3 is 1.91 bits per heavy atom. The highest BCUT2D eigenvalue weighted by molar-refractivity contribution is 5.42. The van der Waals surface area contributed by atoms with Crippen LogP contribution in [-0.4, -0.2) is 17.7 Å². The van der Waals surface area contributed by atoms with Gasteiger partial charge in [-0.25, -0.2) is 8.78 Å². The van der Waals surface area contributed by atoms with Crippen LogP contribution in [0.4, 0.5) is 8.78 Å². The van der Waals surface area contributed by atoms with Gasteiger partial charge in [-0.1, -0.05) is 12.1 Å². The molecule has 23 heavy (non-hydrogen) atoms. The molecule has 0 spiro atoms. The van der Waals surface area contributed by atoms with E-state index in [2.05, 4.69) is 5.32 Å². The van der Waals surface area contributed by atoms with Gasteiger partial charge in [0.05, 0.1) is 0 Å². The van der Waals surface area contributed by atoms with Crippen molar-refractivity contribution in [3.05, 3.63) is 70.3 Å². The first-order valence-corrected chi connectivity index (χ1v) is 7.92. The Morgan fingerprint density at radius 1 is 1.00 bits per heavy atom. The maximum Gasteiger partial charge on any atom is 0.130 e. The summed E-state index contributed by atoms with van der Waals surface area (Å²) in [6.07, 6.45) is 1.77. The molecule has 0 amide bonds. The molecule has 0 aromatic heterocycles. The Labute approximate surface area is 135 Å². The van der Waals surface area contributed by atoms with Crippen LogP contribution in [0.5, 0.6) is 0 Å². The van der Waals surface area contributed by atoms with Gasteiger partial charge in [0.25, 0.3) is 0 Å². The van der Waals surface area contributed by atoms with E-state index in [1.54, 1.807) is 38.1 Å². The molecule has 2 aromatic carbocycles. The monoisotopic (exact) mass is 317 g/mol. The molecular weight excluding hydrogens is 296 g/mol. The lowest BCUT2D eigenvalue weighted by Gasteiger charge is -2.36. The second kappa shape index (κ2) is 6.02. The van der Waals surface area contributed by atoms with Gasteiger partial charge in [0.15, 0.2) is 0 Å². The molecule has 2 nitrogen and oxygen atoms in total. The van der Waals surface area contributed by atoms with Gasteiger partial charge >= 0.3 is 0 Å². The predicted octanol–water partition coefficient (Wildman–Crippen LogP) is 3.57. The molecular formula is C19H21F2NO. The fourth-order valence-corrected chi connectivity index (χ4v) is 3.37. The summed E-state index contributed by atoms with van der Waals surface area (Å²) in [6, 6.07) is 9.14. The minimum atomic E-state index is -1.31. The van der Waals surface area contributed by atoms with E-state index in [1.165, 1.54) is 12.1 Å². The van der Waals surface area contributed by atoms with E-state index in [1.807, 2.05) is 0 Å². The molecule has 122 valence electrons. The highest BCUT2D eigenvalue weighted by Crippen LogP contribution is 2.37. The number of hydrogen-bond acceptors (Lipinski definition) is 2. The number of benzene rings is 2. The second-order valence-electron chi connectivity index (χ2n) is 6.34. The van der Waals surface area contributed by atoms with Crippen molar-refractivity contribution < 1.29 is 13.9 Å². The average Bonchev–Trinajstić information content (AvgIpc) is 3.07. The summed E-state index contributed by atoms with van der Waals surface area (Å²) in [7, 11) is 0. The number of aryl methyl sites for hydroxylation is 2. The molecule has 0 radical (unpaired) electrons. The van der Waals surface area contributed by atoms with Crippen molar-refractivity contribution in [2.45, 2.75) is 38.3 Å². The maximum atomic E-state index is 13.6. The fraction of sp³-hybridized carbons (Fsp3) is 0.368. The molecule has 1 saturated heterocycles. The van der Waals surface area contributed by atoms with Crippen molar-refractivity contribution in [3.63, 3.8) is 0 Å². The number of nitrogens with one attached hydrogen (secondary N) is 1. The van der Waals surface area contributed by atoms with Crippen LogP contribution >= 0.6 is 0 Å². The molecule has 2 N–H and O–H groups in total. The summed E-state index contributed by atoms with van der Waals surface area (Å²) < 4.78 is 27.3. The van der Waals surface area contributed by atoms with Crippen LogP contribution in [0.15, 0.2) is 36.4 Å². The first-order chi connectivity index (χ1) is 10.9. The van der Waals surface area contributed by atoms with E-state index in [0.29, 0.717) is 22.3 Å². The summed E-state index contributed by atoms with van der Waals surface area (Å²) in [4.78, 5) is 0. The van der Waals surface area contributed by atoms with Crippen LogP contribution in [0.1, 0.15) is 35.1 Å². The van der Waals surface area contributed by atoms with E-state index in [0.717, 1.165) is 19.4 Å². The molecule has 1 fully saturated rings. The summed E-state index contributed by atoms with van der Waals surface area (Å²) in [5.74, 6) is -0.600. The lowest BCUT2D eigenvalue weighted by molar-refractivity contribution is 0.0440. The minimum Gasteiger partial charge on any atom is -0.379 e. The summed E-state index contributed by atoms with van der Waals surface area (Å²) in [6.45, 7) is 4.18. The fourth-order valence-electron chi connectivity index (χ4n) is 3.37. The Bertz CT molecular complexity index is 672. The van der Waals surface area contributed by atoms with Gasteiger partial charge in [-0.05, 0) is 79.8 Å². The van der Waals surface area contributed by atoms with E-state index in [9.17, 15) is 13.9 Å². The second-order valence-corrected chi connectivity index (χ2v) is 6.34. The molecule has 3 rings (SSSR count). The van der Waals surface area contributed by atoms with E-state index >= 15 is 0 Å². The van der Waals surface area contributed by atoms with Crippen molar-refractivity contribution in [1.82, 2.24) is 5.32 Å². The molecule has 1 aliphatic rings. The summed E-state index contributed by atoms with van der Waals surface area (Å²) >= 11 is 0.